The molecule has 4 heteroatoms. The summed E-state index contributed by atoms with van der Waals surface area (Å²) in [5.41, 5.74) is 3.43. The zero-order valence-electron chi connectivity index (χ0n) is 9.80. The predicted molar refractivity (Wildman–Crippen MR) is 65.5 cm³/mol. The maximum Gasteiger partial charge on any atom is 0.123 e. The number of hydrogen-bond acceptors (Lipinski definition) is 2. The summed E-state index contributed by atoms with van der Waals surface area (Å²) >= 11 is 6.06. The number of hydrogen-bond donors (Lipinski definition) is 2. The molecule has 0 amide bonds. The molecule has 0 aliphatic carbocycles. The van der Waals surface area contributed by atoms with Crippen molar-refractivity contribution < 1.29 is 4.39 Å². The molecule has 1 aromatic rings. The van der Waals surface area contributed by atoms with Gasteiger partial charge in [0.2, 0.25) is 0 Å². The first-order chi connectivity index (χ1) is 7.47. The van der Waals surface area contributed by atoms with Crippen LogP contribution in [0.15, 0.2) is 18.2 Å². The van der Waals surface area contributed by atoms with Gasteiger partial charge in [0.25, 0.3) is 0 Å². The van der Waals surface area contributed by atoms with E-state index < -0.39 is 0 Å². The van der Waals surface area contributed by atoms with E-state index in [4.69, 9.17) is 17.4 Å². The summed E-state index contributed by atoms with van der Waals surface area (Å²) in [6.45, 7) is 6.26. The SMILES string of the molecule is CC(C)C(C)C(NN)c1cc(F)ccc1Cl. The van der Waals surface area contributed by atoms with Crippen molar-refractivity contribution >= 4 is 11.6 Å². The Kier molecular flexibility index (Phi) is 4.71. The van der Waals surface area contributed by atoms with Gasteiger partial charge in [-0.3, -0.25) is 11.3 Å². The number of benzene rings is 1. The highest BCUT2D eigenvalue weighted by Gasteiger charge is 2.23. The van der Waals surface area contributed by atoms with Crippen LogP contribution in [0, 0.1) is 17.7 Å². The maximum atomic E-state index is 13.2. The van der Waals surface area contributed by atoms with E-state index in [2.05, 4.69) is 26.2 Å². The van der Waals surface area contributed by atoms with Crippen molar-refractivity contribution in [3.8, 4) is 0 Å². The zero-order valence-corrected chi connectivity index (χ0v) is 10.6. The first-order valence-corrected chi connectivity index (χ1v) is 5.76. The van der Waals surface area contributed by atoms with E-state index in [1.807, 2.05) is 0 Å². The molecule has 0 saturated heterocycles. The molecule has 1 aromatic carbocycles. The zero-order chi connectivity index (χ0) is 12.3. The summed E-state index contributed by atoms with van der Waals surface area (Å²) in [5.74, 6) is 5.93. The van der Waals surface area contributed by atoms with Gasteiger partial charge in [0.1, 0.15) is 5.82 Å². The summed E-state index contributed by atoms with van der Waals surface area (Å²) in [6.07, 6.45) is 0. The van der Waals surface area contributed by atoms with Gasteiger partial charge in [-0.05, 0) is 35.6 Å². The maximum absolute atomic E-state index is 13.2. The summed E-state index contributed by atoms with van der Waals surface area (Å²) in [6, 6.07) is 4.21. The molecule has 3 N–H and O–H groups in total. The second-order valence-corrected chi connectivity index (χ2v) is 4.82. The van der Waals surface area contributed by atoms with Gasteiger partial charge in [0.15, 0.2) is 0 Å². The van der Waals surface area contributed by atoms with Gasteiger partial charge in [-0.1, -0.05) is 32.4 Å². The Morgan fingerprint density at radius 3 is 2.44 bits per heavy atom. The lowest BCUT2D eigenvalue weighted by molar-refractivity contribution is 0.306. The quantitative estimate of drug-likeness (QED) is 0.630. The topological polar surface area (TPSA) is 38.0 Å². The van der Waals surface area contributed by atoms with Gasteiger partial charge in [-0.25, -0.2) is 4.39 Å². The first kappa shape index (κ1) is 13.4. The van der Waals surface area contributed by atoms with Crippen molar-refractivity contribution in [1.29, 1.82) is 0 Å². The van der Waals surface area contributed by atoms with Crippen LogP contribution in [0.3, 0.4) is 0 Å². The van der Waals surface area contributed by atoms with Crippen LogP contribution in [-0.4, -0.2) is 0 Å². The fourth-order valence-electron chi connectivity index (χ4n) is 1.66. The minimum atomic E-state index is -0.296. The third-order valence-corrected chi connectivity index (χ3v) is 3.39. The summed E-state index contributed by atoms with van der Waals surface area (Å²) in [5, 5.41) is 0.539. The molecule has 0 bridgehead atoms. The smallest absolute Gasteiger partial charge is 0.123 e. The van der Waals surface area contributed by atoms with Crippen molar-refractivity contribution in [3.63, 3.8) is 0 Å². The molecule has 16 heavy (non-hydrogen) atoms. The van der Waals surface area contributed by atoms with E-state index in [1.54, 1.807) is 6.07 Å². The third-order valence-electron chi connectivity index (χ3n) is 3.05. The van der Waals surface area contributed by atoms with Gasteiger partial charge in [0.05, 0.1) is 6.04 Å². The highest BCUT2D eigenvalue weighted by Crippen LogP contribution is 2.31. The van der Waals surface area contributed by atoms with Gasteiger partial charge in [-0.2, -0.15) is 0 Å². The molecule has 0 radical (unpaired) electrons. The Morgan fingerprint density at radius 1 is 1.31 bits per heavy atom. The van der Waals surface area contributed by atoms with E-state index in [-0.39, 0.29) is 17.8 Å². The van der Waals surface area contributed by atoms with Crippen LogP contribution < -0.4 is 11.3 Å². The summed E-state index contributed by atoms with van der Waals surface area (Å²) in [7, 11) is 0. The Labute approximate surface area is 101 Å². The van der Waals surface area contributed by atoms with Crippen LogP contribution in [0.2, 0.25) is 5.02 Å². The van der Waals surface area contributed by atoms with Crippen LogP contribution >= 0.6 is 11.6 Å². The standard InChI is InChI=1S/C12H18ClFN2/c1-7(2)8(3)12(16-15)10-6-9(14)4-5-11(10)13/h4-8,12,16H,15H2,1-3H3. The van der Waals surface area contributed by atoms with E-state index >= 15 is 0 Å². The Hall–Kier alpha value is -0.640. The highest BCUT2D eigenvalue weighted by atomic mass is 35.5. The monoisotopic (exact) mass is 244 g/mol. The third kappa shape index (κ3) is 2.94. The normalized spacial score (nSPS) is 15.2. The summed E-state index contributed by atoms with van der Waals surface area (Å²) < 4.78 is 13.2. The second kappa shape index (κ2) is 5.62. The lowest BCUT2D eigenvalue weighted by Crippen LogP contribution is -2.34. The molecule has 0 heterocycles. The van der Waals surface area contributed by atoms with Gasteiger partial charge in [-0.15, -0.1) is 0 Å². The number of hydrazine groups is 1. The molecule has 2 atom stereocenters. The van der Waals surface area contributed by atoms with Crippen LogP contribution in [-0.2, 0) is 0 Å². The Bertz CT molecular complexity index is 355. The predicted octanol–water partition coefficient (Wildman–Crippen LogP) is 3.28. The summed E-state index contributed by atoms with van der Waals surface area (Å²) in [4.78, 5) is 0. The largest absolute Gasteiger partial charge is 0.271 e. The second-order valence-electron chi connectivity index (χ2n) is 4.41. The molecule has 0 saturated carbocycles. The average molecular weight is 245 g/mol. The van der Waals surface area contributed by atoms with Crippen LogP contribution in [0.25, 0.3) is 0 Å². The number of rotatable bonds is 4. The van der Waals surface area contributed by atoms with Crippen molar-refractivity contribution in [2.75, 3.05) is 0 Å². The molecule has 90 valence electrons. The average Bonchev–Trinajstić information content (AvgIpc) is 2.23. The van der Waals surface area contributed by atoms with E-state index in [9.17, 15) is 4.39 Å². The van der Waals surface area contributed by atoms with Gasteiger partial charge in [0, 0.05) is 5.02 Å². The number of halogens is 2. The molecule has 2 nitrogen and oxygen atoms in total. The minimum Gasteiger partial charge on any atom is -0.271 e. The molecular formula is C12H18ClFN2. The Morgan fingerprint density at radius 2 is 1.94 bits per heavy atom. The van der Waals surface area contributed by atoms with E-state index in [1.165, 1.54) is 12.1 Å². The first-order valence-electron chi connectivity index (χ1n) is 5.38. The van der Waals surface area contributed by atoms with Gasteiger partial charge < -0.3 is 0 Å². The van der Waals surface area contributed by atoms with Crippen LogP contribution in [0.4, 0.5) is 4.39 Å². The Balaban J connectivity index is 3.07. The molecule has 0 aromatic heterocycles. The molecule has 2 unspecified atom stereocenters. The van der Waals surface area contributed by atoms with Crippen molar-refractivity contribution in [3.05, 3.63) is 34.6 Å². The van der Waals surface area contributed by atoms with Crippen LogP contribution in [0.1, 0.15) is 32.4 Å². The molecule has 1 rings (SSSR count). The molecule has 0 aliphatic rings. The number of nitrogens with one attached hydrogen (secondary N) is 1. The van der Waals surface area contributed by atoms with E-state index in [0.29, 0.717) is 16.5 Å². The van der Waals surface area contributed by atoms with E-state index in [0.717, 1.165) is 0 Å². The fraction of sp³-hybridized carbons (Fsp3) is 0.500. The molecule has 0 spiro atoms. The molecule has 0 aliphatic heterocycles. The molecule has 0 fully saturated rings. The highest BCUT2D eigenvalue weighted by molar-refractivity contribution is 6.31. The molecular weight excluding hydrogens is 227 g/mol. The fourth-order valence-corrected chi connectivity index (χ4v) is 1.90. The lowest BCUT2D eigenvalue weighted by atomic mass is 9.86. The van der Waals surface area contributed by atoms with Crippen LogP contribution in [0.5, 0.6) is 0 Å². The van der Waals surface area contributed by atoms with Crippen molar-refractivity contribution in [2.45, 2.75) is 26.8 Å². The number of nitrogens with two attached hydrogens (primary N) is 1. The van der Waals surface area contributed by atoms with Crippen molar-refractivity contribution in [1.82, 2.24) is 5.43 Å². The minimum absolute atomic E-state index is 0.136. The van der Waals surface area contributed by atoms with Gasteiger partial charge >= 0.3 is 0 Å². The lowest BCUT2D eigenvalue weighted by Gasteiger charge is -2.27. The van der Waals surface area contributed by atoms with Crippen molar-refractivity contribution in [2.24, 2.45) is 17.7 Å².